The van der Waals surface area contributed by atoms with Gasteiger partial charge in [0.1, 0.15) is 0 Å². The minimum atomic E-state index is -4.22. The van der Waals surface area contributed by atoms with E-state index < -0.39 is 37.4 Å². The van der Waals surface area contributed by atoms with Crippen LogP contribution in [0.25, 0.3) is 0 Å². The monoisotopic (exact) mass is 960 g/mol. The van der Waals surface area contributed by atoms with Crippen molar-refractivity contribution in [2.45, 2.75) is 96.3 Å². The number of likely N-dealkylation sites (tertiary alicyclic amines) is 1. The first-order chi connectivity index (χ1) is 29.9. The van der Waals surface area contributed by atoms with E-state index in [1.165, 1.54) is 28.8 Å². The lowest BCUT2D eigenvalue weighted by atomic mass is 10.2. The van der Waals surface area contributed by atoms with Crippen LogP contribution in [0.1, 0.15) is 84.1 Å². The van der Waals surface area contributed by atoms with Crippen LogP contribution in [-0.2, 0) is 65.3 Å². The number of rotatable bonds is 38. The Hall–Kier alpha value is -2.40. The number of phosphoric ester groups is 2. The van der Waals surface area contributed by atoms with Crippen LogP contribution in [0.4, 0.5) is 5.69 Å². The maximum Gasteiger partial charge on any atom is 0.472 e. The molecule has 2 amide bonds. The van der Waals surface area contributed by atoms with Gasteiger partial charge in [-0.3, -0.25) is 47.5 Å². The molecule has 1 aromatic carbocycles. The average molecular weight is 961 g/mol. The largest absolute Gasteiger partial charge is 0.472 e. The van der Waals surface area contributed by atoms with E-state index in [1.54, 1.807) is 33.8 Å². The molecule has 0 saturated carbocycles. The Morgan fingerprint density at radius 1 is 0.762 bits per heavy atom. The predicted octanol–water partition coefficient (Wildman–Crippen LogP) is 5.94. The van der Waals surface area contributed by atoms with E-state index in [1.807, 2.05) is 0 Å². The number of ether oxygens (including phenoxy) is 6. The molecule has 3 atom stereocenters. The van der Waals surface area contributed by atoms with Gasteiger partial charge in [0.05, 0.1) is 102 Å². The summed E-state index contributed by atoms with van der Waals surface area (Å²) in [5, 5.41) is 10.8. The summed E-state index contributed by atoms with van der Waals surface area (Å²) < 4.78 is 75.6. The molecule has 362 valence electrons. The molecule has 1 aliphatic rings. The summed E-state index contributed by atoms with van der Waals surface area (Å²) >= 11 is 1.44. The first kappa shape index (κ1) is 56.7. The van der Waals surface area contributed by atoms with E-state index in [9.17, 15) is 43.4 Å². The first-order valence-corrected chi connectivity index (χ1v) is 25.0. The molecule has 21 nitrogen and oxygen atoms in total. The fourth-order valence-corrected chi connectivity index (χ4v) is 8.52. The summed E-state index contributed by atoms with van der Waals surface area (Å²) in [6.07, 6.45) is 4.63. The van der Waals surface area contributed by atoms with Crippen molar-refractivity contribution >= 4 is 50.9 Å². The number of esters is 1. The number of benzene rings is 1. The van der Waals surface area contributed by atoms with Crippen molar-refractivity contribution in [3.8, 4) is 5.75 Å². The van der Waals surface area contributed by atoms with Gasteiger partial charge in [-0.05, 0) is 70.8 Å². The molecule has 0 bridgehead atoms. The highest BCUT2D eigenvalue weighted by atomic mass is 32.2. The number of unbranched alkanes of at least 4 members (excludes halogenated alkanes) is 5. The van der Waals surface area contributed by atoms with Gasteiger partial charge in [-0.15, -0.1) is 11.8 Å². The highest BCUT2D eigenvalue weighted by Crippen LogP contribution is 2.47. The lowest BCUT2D eigenvalue weighted by Crippen LogP contribution is -2.32. The molecule has 1 saturated heterocycles. The minimum Gasteiger partial charge on any atom is -0.419 e. The molecular weight excluding hydrogens is 894 g/mol. The molecule has 3 unspecified atom stereocenters. The van der Waals surface area contributed by atoms with Crippen LogP contribution in [0.3, 0.4) is 0 Å². The van der Waals surface area contributed by atoms with Gasteiger partial charge in [-0.1, -0.05) is 25.3 Å². The van der Waals surface area contributed by atoms with Crippen molar-refractivity contribution in [2.75, 3.05) is 98.2 Å². The number of amides is 2. The van der Waals surface area contributed by atoms with Gasteiger partial charge in [-0.25, -0.2) is 9.13 Å². The highest BCUT2D eigenvalue weighted by Gasteiger charge is 2.38. The van der Waals surface area contributed by atoms with E-state index in [2.05, 4.69) is 0 Å². The van der Waals surface area contributed by atoms with Crippen molar-refractivity contribution in [3.63, 3.8) is 0 Å². The summed E-state index contributed by atoms with van der Waals surface area (Å²) in [6.45, 7) is 9.49. The number of nitrogens with zero attached hydrogens (tertiary/aromatic N) is 2. The third-order valence-electron chi connectivity index (χ3n) is 8.45. The van der Waals surface area contributed by atoms with Crippen LogP contribution in [0, 0.1) is 17.0 Å². The van der Waals surface area contributed by atoms with Crippen molar-refractivity contribution in [1.82, 2.24) is 4.90 Å². The van der Waals surface area contributed by atoms with Crippen LogP contribution < -0.4 is 4.74 Å². The molecule has 1 aliphatic heterocycles. The zero-order valence-electron chi connectivity index (χ0n) is 36.8. The van der Waals surface area contributed by atoms with E-state index in [-0.39, 0.29) is 88.9 Å². The molecule has 0 radical (unpaired) electrons. The Labute approximate surface area is 373 Å². The lowest BCUT2D eigenvalue weighted by Gasteiger charge is -2.22. The van der Waals surface area contributed by atoms with Gasteiger partial charge in [0.15, 0.2) is 0 Å². The molecule has 1 fully saturated rings. The number of nitro benzene ring substituents is 1. The second kappa shape index (κ2) is 31.5. The number of hydrogen-bond acceptors (Lipinski definition) is 18. The van der Waals surface area contributed by atoms with Crippen molar-refractivity contribution < 1.29 is 84.7 Å². The van der Waals surface area contributed by atoms with Gasteiger partial charge in [0.25, 0.3) is 0 Å². The van der Waals surface area contributed by atoms with Crippen molar-refractivity contribution in [2.24, 2.45) is 0 Å². The van der Waals surface area contributed by atoms with E-state index in [4.69, 9.17) is 46.5 Å². The van der Waals surface area contributed by atoms with Crippen LogP contribution in [0.2, 0.25) is 0 Å². The number of carbonyl (C=O) groups is 3. The number of aryl methyl sites for hydroxylation is 1. The van der Waals surface area contributed by atoms with E-state index >= 15 is 0 Å². The predicted molar refractivity (Wildman–Crippen MR) is 230 cm³/mol. The fourth-order valence-electron chi connectivity index (χ4n) is 5.54. The molecular formula is C39H66N2O19P2S. The van der Waals surface area contributed by atoms with E-state index in [0.29, 0.717) is 76.6 Å². The summed E-state index contributed by atoms with van der Waals surface area (Å²) in [6, 6.07) is 4.36. The topological polar surface area (TPSA) is 264 Å². The number of thioether (sulfide) groups is 1. The standard InChI is InChI=1S/C39H66N2O19P2S/c1-32-13-14-34(33(30-32)41(45)46)59-37(43)12-8-7-9-15-40-36(42)31-35(38(40)44)63-29-11-6-5-10-16-56-61(47,48)57-27-25-54-23-21-52-19-17-51-18-20-53-22-24-55-26-28-58-62(49,50)60-39(2,3)4/h13-14,30,35H,5-12,15-29,31H2,1-4H3,(H,47,48)(H,49,50). The van der Waals surface area contributed by atoms with Gasteiger partial charge < -0.3 is 38.2 Å². The summed E-state index contributed by atoms with van der Waals surface area (Å²) in [4.78, 5) is 68.9. The molecule has 2 rings (SSSR count). The Balaban J connectivity index is 1.35. The number of hydrogen-bond donors (Lipinski definition) is 2. The third kappa shape index (κ3) is 27.6. The number of phosphoric acid groups is 2. The van der Waals surface area contributed by atoms with Gasteiger partial charge >= 0.3 is 27.3 Å². The zero-order valence-corrected chi connectivity index (χ0v) is 39.4. The van der Waals surface area contributed by atoms with Crippen LogP contribution in [0.5, 0.6) is 5.75 Å². The zero-order chi connectivity index (χ0) is 46.6. The molecule has 0 aromatic heterocycles. The Morgan fingerprint density at radius 2 is 1.27 bits per heavy atom. The summed E-state index contributed by atoms with van der Waals surface area (Å²) in [5.41, 5.74) is -0.407. The second-order valence-electron chi connectivity index (χ2n) is 15.1. The molecule has 63 heavy (non-hydrogen) atoms. The first-order valence-electron chi connectivity index (χ1n) is 21.0. The summed E-state index contributed by atoms with van der Waals surface area (Å²) in [5.74, 6) is -0.439. The minimum absolute atomic E-state index is 0.0432. The third-order valence-corrected chi connectivity index (χ3v) is 12.1. The van der Waals surface area contributed by atoms with Crippen molar-refractivity contribution in [1.29, 1.82) is 0 Å². The quantitative estimate of drug-likeness (QED) is 0.0148. The summed E-state index contributed by atoms with van der Waals surface area (Å²) in [7, 11) is -8.34. The highest BCUT2D eigenvalue weighted by molar-refractivity contribution is 8.00. The fraction of sp³-hybridized carbons (Fsp3) is 0.769. The molecule has 1 heterocycles. The maximum absolute atomic E-state index is 12.8. The molecule has 0 spiro atoms. The van der Waals surface area contributed by atoms with Gasteiger partial charge in [0, 0.05) is 25.5 Å². The SMILES string of the molecule is Cc1ccc(OC(=O)CCCCCN2C(=O)CC(SCCCCCCOP(=O)(O)OCCOCCOCCOCCOCCOCCOP(=O)(O)OC(C)(C)C)C2=O)c([N+](=O)[O-])c1. The van der Waals surface area contributed by atoms with Crippen LogP contribution in [-0.4, -0.2) is 146 Å². The second-order valence-corrected chi connectivity index (χ2v) is 19.2. The molecule has 1 aromatic rings. The maximum atomic E-state index is 12.8. The Bertz CT molecular complexity index is 1620. The Kier molecular flexibility index (Phi) is 28.4. The molecule has 0 aliphatic carbocycles. The normalized spacial score (nSPS) is 16.3. The van der Waals surface area contributed by atoms with Gasteiger partial charge in [-0.2, -0.15) is 0 Å². The lowest BCUT2D eigenvalue weighted by molar-refractivity contribution is -0.385. The molecule has 24 heteroatoms. The van der Waals surface area contributed by atoms with E-state index in [0.717, 1.165) is 19.3 Å². The Morgan fingerprint density at radius 3 is 1.83 bits per heavy atom. The smallest absolute Gasteiger partial charge is 0.419 e. The number of imide groups is 1. The number of nitro groups is 1. The van der Waals surface area contributed by atoms with Crippen molar-refractivity contribution in [3.05, 3.63) is 33.9 Å². The van der Waals surface area contributed by atoms with Gasteiger partial charge in [0.2, 0.25) is 17.6 Å². The van der Waals surface area contributed by atoms with Crippen LogP contribution in [0.15, 0.2) is 18.2 Å². The van der Waals surface area contributed by atoms with Crippen LogP contribution >= 0.6 is 27.4 Å². The average Bonchev–Trinajstić information content (AvgIpc) is 3.46. The molecule has 2 N–H and O–H groups in total. The number of carbonyl (C=O) groups excluding carboxylic acids is 3.